The molecule has 2 amide bonds. The lowest BCUT2D eigenvalue weighted by molar-refractivity contribution is 0.107. The molecule has 0 atom stereocenters. The molecular formula is C5H7ClN4O. The van der Waals surface area contributed by atoms with Gasteiger partial charge in [-0.1, -0.05) is 11.6 Å². The summed E-state index contributed by atoms with van der Waals surface area (Å²) >= 11 is 5.56. The summed E-state index contributed by atoms with van der Waals surface area (Å²) in [6.45, 7) is 0. The van der Waals surface area contributed by atoms with E-state index in [0.717, 1.165) is 10.1 Å². The Hall–Kier alpha value is -1.20. The Balaban J connectivity index is 2.81. The van der Waals surface area contributed by atoms with E-state index in [1.54, 1.807) is 6.08 Å². The van der Waals surface area contributed by atoms with Crippen molar-refractivity contribution in [1.82, 2.24) is 10.1 Å². The Morgan fingerprint density at radius 3 is 2.73 bits per heavy atom. The topological polar surface area (TPSA) is 75.6 Å². The third-order valence-corrected chi connectivity index (χ3v) is 1.33. The third kappa shape index (κ3) is 1.63. The lowest BCUT2D eigenvalue weighted by atomic mass is 10.5. The van der Waals surface area contributed by atoms with Gasteiger partial charge >= 0.3 is 6.03 Å². The van der Waals surface area contributed by atoms with E-state index in [2.05, 4.69) is 0 Å². The molecule has 6 heteroatoms. The summed E-state index contributed by atoms with van der Waals surface area (Å²) in [4.78, 5) is 10.6. The van der Waals surface area contributed by atoms with Crippen molar-refractivity contribution in [3.63, 3.8) is 0 Å². The highest BCUT2D eigenvalue weighted by molar-refractivity contribution is 6.31. The molecule has 0 unspecified atom stereocenters. The second-order valence-corrected chi connectivity index (χ2v) is 2.33. The third-order valence-electron chi connectivity index (χ3n) is 1.11. The second-order valence-electron chi connectivity index (χ2n) is 1.89. The van der Waals surface area contributed by atoms with Crippen LogP contribution in [-0.4, -0.2) is 16.2 Å². The summed E-state index contributed by atoms with van der Waals surface area (Å²) in [5.41, 5.74) is 4.95. The number of primary amides is 1. The van der Waals surface area contributed by atoms with Gasteiger partial charge in [0.1, 0.15) is 0 Å². The van der Waals surface area contributed by atoms with Gasteiger partial charge in [-0.25, -0.2) is 15.8 Å². The largest absolute Gasteiger partial charge is 0.350 e. The van der Waals surface area contributed by atoms with Crippen LogP contribution in [0.1, 0.15) is 0 Å². The molecule has 1 aliphatic rings. The van der Waals surface area contributed by atoms with Crippen LogP contribution in [-0.2, 0) is 0 Å². The predicted molar refractivity (Wildman–Crippen MR) is 40.5 cm³/mol. The number of halogens is 1. The van der Waals surface area contributed by atoms with Gasteiger partial charge in [-0.2, -0.15) is 5.01 Å². The van der Waals surface area contributed by atoms with Gasteiger partial charge in [0.2, 0.25) is 0 Å². The van der Waals surface area contributed by atoms with E-state index < -0.39 is 6.03 Å². The maximum atomic E-state index is 10.6. The first-order valence-electron chi connectivity index (χ1n) is 2.79. The number of carbonyl (C=O) groups excluding carboxylic acids is 1. The first-order valence-corrected chi connectivity index (χ1v) is 3.17. The number of rotatable bonds is 0. The number of hydrazine groups is 2. The minimum atomic E-state index is -0.685. The van der Waals surface area contributed by atoms with Crippen LogP contribution < -0.4 is 11.6 Å². The van der Waals surface area contributed by atoms with Crippen molar-refractivity contribution in [2.24, 2.45) is 11.6 Å². The number of hydrogen-bond acceptors (Lipinski definition) is 3. The molecule has 1 rings (SSSR count). The minimum Gasteiger partial charge on any atom is -0.350 e. The van der Waals surface area contributed by atoms with Gasteiger partial charge in [-0.3, -0.25) is 0 Å². The average Bonchev–Trinajstić information content (AvgIpc) is 1.94. The lowest BCUT2D eigenvalue weighted by Gasteiger charge is -2.27. The van der Waals surface area contributed by atoms with Crippen LogP contribution in [0.2, 0.25) is 0 Å². The van der Waals surface area contributed by atoms with Crippen molar-refractivity contribution in [3.8, 4) is 0 Å². The van der Waals surface area contributed by atoms with E-state index in [1.807, 2.05) is 0 Å². The molecule has 0 aromatic heterocycles. The zero-order valence-electron chi connectivity index (χ0n) is 5.57. The molecule has 0 aromatic rings. The maximum absolute atomic E-state index is 10.6. The normalized spacial score (nSPS) is 16.7. The van der Waals surface area contributed by atoms with Crippen LogP contribution in [0.15, 0.2) is 23.5 Å². The minimum absolute atomic E-state index is 0.394. The second kappa shape index (κ2) is 2.81. The smallest absolute Gasteiger partial charge is 0.339 e. The first kappa shape index (κ1) is 7.90. The molecular weight excluding hydrogens is 168 g/mol. The Morgan fingerprint density at radius 2 is 2.27 bits per heavy atom. The summed E-state index contributed by atoms with van der Waals surface area (Å²) in [6, 6.07) is -0.685. The lowest BCUT2D eigenvalue weighted by Crippen LogP contribution is -2.47. The predicted octanol–water partition coefficient (Wildman–Crippen LogP) is 0.0653. The molecule has 1 aliphatic heterocycles. The molecule has 5 nitrogen and oxygen atoms in total. The molecule has 0 fully saturated rings. The molecule has 60 valence electrons. The quantitative estimate of drug-likeness (QED) is 0.510. The fourth-order valence-corrected chi connectivity index (χ4v) is 0.772. The molecule has 0 aromatic carbocycles. The number of carbonyl (C=O) groups is 1. The van der Waals surface area contributed by atoms with E-state index in [0.29, 0.717) is 5.03 Å². The van der Waals surface area contributed by atoms with Gasteiger partial charge in [-0.05, 0) is 6.08 Å². The van der Waals surface area contributed by atoms with E-state index in [9.17, 15) is 4.79 Å². The summed E-state index contributed by atoms with van der Waals surface area (Å²) < 4.78 is 0. The number of nitrogens with two attached hydrogens (primary N) is 2. The summed E-state index contributed by atoms with van der Waals surface area (Å²) in [5.74, 6) is 5.31. The fraction of sp³-hybridized carbons (Fsp3) is 0. The summed E-state index contributed by atoms with van der Waals surface area (Å²) in [5, 5.41) is 2.42. The Bertz CT molecular complexity index is 237. The van der Waals surface area contributed by atoms with Crippen LogP contribution in [0.4, 0.5) is 4.79 Å². The van der Waals surface area contributed by atoms with Crippen molar-refractivity contribution in [2.45, 2.75) is 0 Å². The number of allylic oxidation sites excluding steroid dienone is 2. The van der Waals surface area contributed by atoms with E-state index in [-0.39, 0.29) is 0 Å². The first-order chi connectivity index (χ1) is 5.11. The molecule has 4 N–H and O–H groups in total. The van der Waals surface area contributed by atoms with Crippen LogP contribution in [0.5, 0.6) is 0 Å². The highest BCUT2D eigenvalue weighted by Gasteiger charge is 2.13. The zero-order chi connectivity index (χ0) is 8.43. The number of nitrogens with zero attached hydrogens (tertiary/aromatic N) is 2. The van der Waals surface area contributed by atoms with Gasteiger partial charge in [-0.15, -0.1) is 0 Å². The van der Waals surface area contributed by atoms with Gasteiger partial charge < -0.3 is 5.73 Å². The van der Waals surface area contributed by atoms with Crippen LogP contribution >= 0.6 is 11.6 Å². The van der Waals surface area contributed by atoms with E-state index in [4.69, 9.17) is 23.2 Å². The Kier molecular flexibility index (Phi) is 2.02. The molecule has 0 saturated carbocycles. The number of hydrogen-bond donors (Lipinski definition) is 2. The van der Waals surface area contributed by atoms with Crippen molar-refractivity contribution in [2.75, 3.05) is 0 Å². The van der Waals surface area contributed by atoms with Crippen molar-refractivity contribution < 1.29 is 4.79 Å². The molecule has 0 bridgehead atoms. The molecule has 0 radical (unpaired) electrons. The van der Waals surface area contributed by atoms with E-state index >= 15 is 0 Å². The fourth-order valence-electron chi connectivity index (χ4n) is 0.623. The summed E-state index contributed by atoms with van der Waals surface area (Å²) in [7, 11) is 0. The number of amides is 2. The average molecular weight is 175 g/mol. The van der Waals surface area contributed by atoms with Crippen molar-refractivity contribution in [1.29, 1.82) is 0 Å². The molecule has 0 spiro atoms. The SMILES string of the molecule is NC(=O)N1C=C(Cl)C=CN1N. The Morgan fingerprint density at radius 1 is 1.64 bits per heavy atom. The van der Waals surface area contributed by atoms with Crippen molar-refractivity contribution in [3.05, 3.63) is 23.5 Å². The van der Waals surface area contributed by atoms with Crippen LogP contribution in [0.25, 0.3) is 0 Å². The standard InChI is InChI=1S/C5H7ClN4O/c6-4-1-2-10(8)9(3-4)5(7)11/h1-3H,8H2,(H2,7,11). The van der Waals surface area contributed by atoms with Crippen molar-refractivity contribution >= 4 is 17.6 Å². The summed E-state index contributed by atoms with van der Waals surface area (Å²) in [6.07, 6.45) is 4.29. The van der Waals surface area contributed by atoms with Gasteiger partial charge in [0.25, 0.3) is 0 Å². The highest BCUT2D eigenvalue weighted by atomic mass is 35.5. The molecule has 11 heavy (non-hydrogen) atoms. The molecule has 1 heterocycles. The molecule has 0 aliphatic carbocycles. The molecule has 0 saturated heterocycles. The monoisotopic (exact) mass is 174 g/mol. The van der Waals surface area contributed by atoms with Gasteiger partial charge in [0, 0.05) is 6.20 Å². The number of urea groups is 1. The van der Waals surface area contributed by atoms with E-state index in [1.165, 1.54) is 12.4 Å². The Labute approximate surface area is 68.4 Å². The maximum Gasteiger partial charge on any atom is 0.339 e. The van der Waals surface area contributed by atoms with Crippen LogP contribution in [0.3, 0.4) is 0 Å². The van der Waals surface area contributed by atoms with Gasteiger partial charge in [0.15, 0.2) is 0 Å². The van der Waals surface area contributed by atoms with Gasteiger partial charge in [0.05, 0.1) is 11.2 Å². The zero-order valence-corrected chi connectivity index (χ0v) is 6.32. The highest BCUT2D eigenvalue weighted by Crippen LogP contribution is 2.11. The van der Waals surface area contributed by atoms with Crippen LogP contribution in [0, 0.1) is 0 Å².